The molecule has 0 atom stereocenters. The van der Waals surface area contributed by atoms with Gasteiger partial charge < -0.3 is 0 Å². The van der Waals surface area contributed by atoms with Crippen LogP contribution in [0.15, 0.2) is 44.2 Å². The van der Waals surface area contributed by atoms with Crippen molar-refractivity contribution < 1.29 is 0 Å². The molecular weight excluding hydrogens is 148 g/mol. The summed E-state index contributed by atoms with van der Waals surface area (Å²) in [5.41, 5.74) is 1.93. The minimum Gasteiger partial charge on any atom is -0.278 e. The molecule has 0 amide bonds. The van der Waals surface area contributed by atoms with Gasteiger partial charge in [0, 0.05) is 6.20 Å². The molecule has 0 aliphatic rings. The van der Waals surface area contributed by atoms with E-state index < -0.39 is 0 Å². The fourth-order valence-corrected chi connectivity index (χ4v) is 0.726. The van der Waals surface area contributed by atoms with Gasteiger partial charge in [-0.1, -0.05) is 18.7 Å². The highest BCUT2D eigenvalue weighted by Crippen LogP contribution is 2.08. The first-order chi connectivity index (χ1) is 5.84. The van der Waals surface area contributed by atoms with E-state index in [9.17, 15) is 0 Å². The zero-order valence-corrected chi connectivity index (χ0v) is 7.38. The Balaban J connectivity index is 0.000000561. The molecule has 0 aromatic carbocycles. The standard InChI is InChI=1S/C8H10N2.C2H4/c1-3-4-7(2)8-5-6-9-10-8;1-2/h3-6H,2H2,1H3,(H,9,10);1-2H2/b4-3-;. The molecule has 2 heteroatoms. The molecule has 0 spiro atoms. The Hall–Kier alpha value is -1.57. The maximum absolute atomic E-state index is 3.83. The molecule has 0 fully saturated rings. The van der Waals surface area contributed by atoms with Crippen LogP contribution in [0.25, 0.3) is 5.57 Å². The van der Waals surface area contributed by atoms with Gasteiger partial charge in [0.25, 0.3) is 0 Å². The Bertz CT molecular complexity index is 245. The van der Waals surface area contributed by atoms with Gasteiger partial charge in [0.1, 0.15) is 0 Å². The van der Waals surface area contributed by atoms with Gasteiger partial charge in [0.05, 0.1) is 5.69 Å². The molecule has 1 rings (SSSR count). The van der Waals surface area contributed by atoms with Crippen molar-refractivity contribution in [1.29, 1.82) is 0 Å². The second-order valence-electron chi connectivity index (χ2n) is 2.00. The van der Waals surface area contributed by atoms with Gasteiger partial charge in [-0.2, -0.15) is 5.10 Å². The Morgan fingerprint density at radius 3 is 2.67 bits per heavy atom. The van der Waals surface area contributed by atoms with Crippen molar-refractivity contribution in [3.05, 3.63) is 49.8 Å². The highest BCUT2D eigenvalue weighted by atomic mass is 15.1. The minimum atomic E-state index is 0.958. The van der Waals surface area contributed by atoms with Crippen molar-refractivity contribution in [1.82, 2.24) is 10.2 Å². The fraction of sp³-hybridized carbons (Fsp3) is 0.100. The molecule has 2 nitrogen and oxygen atoms in total. The van der Waals surface area contributed by atoms with Crippen LogP contribution in [0.1, 0.15) is 12.6 Å². The summed E-state index contributed by atoms with van der Waals surface area (Å²) in [4.78, 5) is 0. The zero-order chi connectivity index (χ0) is 9.40. The summed E-state index contributed by atoms with van der Waals surface area (Å²) in [5.74, 6) is 0. The number of hydrogen-bond donors (Lipinski definition) is 1. The van der Waals surface area contributed by atoms with Crippen molar-refractivity contribution in [2.75, 3.05) is 0 Å². The molecular formula is C10H14N2. The van der Waals surface area contributed by atoms with Crippen LogP contribution in [-0.2, 0) is 0 Å². The predicted molar refractivity (Wildman–Crippen MR) is 53.7 cm³/mol. The topological polar surface area (TPSA) is 28.7 Å². The molecule has 0 aliphatic carbocycles. The van der Waals surface area contributed by atoms with Crippen LogP contribution < -0.4 is 0 Å². The number of nitrogens with zero attached hydrogens (tertiary/aromatic N) is 1. The summed E-state index contributed by atoms with van der Waals surface area (Å²) < 4.78 is 0. The predicted octanol–water partition coefficient (Wildman–Crippen LogP) is 2.80. The van der Waals surface area contributed by atoms with E-state index >= 15 is 0 Å². The lowest BCUT2D eigenvalue weighted by Crippen LogP contribution is -1.77. The van der Waals surface area contributed by atoms with E-state index in [1.54, 1.807) is 6.20 Å². The summed E-state index contributed by atoms with van der Waals surface area (Å²) in [6.45, 7) is 11.8. The molecule has 1 aromatic rings. The number of nitrogens with one attached hydrogen (secondary N) is 1. The lowest BCUT2D eigenvalue weighted by molar-refractivity contribution is 1.08. The van der Waals surface area contributed by atoms with Crippen LogP contribution in [0.2, 0.25) is 0 Å². The van der Waals surface area contributed by atoms with Gasteiger partial charge in [0.15, 0.2) is 0 Å². The summed E-state index contributed by atoms with van der Waals surface area (Å²) in [6.07, 6.45) is 5.60. The highest BCUT2D eigenvalue weighted by molar-refractivity contribution is 5.68. The fourth-order valence-electron chi connectivity index (χ4n) is 0.726. The summed E-state index contributed by atoms with van der Waals surface area (Å²) in [5, 5.41) is 6.63. The van der Waals surface area contributed by atoms with Crippen molar-refractivity contribution in [3.63, 3.8) is 0 Å². The van der Waals surface area contributed by atoms with Crippen LogP contribution in [0.4, 0.5) is 0 Å². The van der Waals surface area contributed by atoms with E-state index in [1.807, 2.05) is 25.1 Å². The average Bonchev–Trinajstić information content (AvgIpc) is 2.60. The summed E-state index contributed by atoms with van der Waals surface area (Å²) >= 11 is 0. The Kier molecular flexibility index (Phi) is 5.35. The third kappa shape index (κ3) is 3.01. The molecule has 0 saturated heterocycles. The van der Waals surface area contributed by atoms with E-state index in [-0.39, 0.29) is 0 Å². The van der Waals surface area contributed by atoms with Gasteiger partial charge in [-0.3, -0.25) is 5.10 Å². The van der Waals surface area contributed by atoms with Crippen LogP contribution in [0.3, 0.4) is 0 Å². The average molecular weight is 162 g/mol. The zero-order valence-electron chi connectivity index (χ0n) is 7.38. The lowest BCUT2D eigenvalue weighted by Gasteiger charge is -1.90. The number of aromatic nitrogens is 2. The monoisotopic (exact) mass is 162 g/mol. The van der Waals surface area contributed by atoms with Crippen molar-refractivity contribution in [2.24, 2.45) is 0 Å². The minimum absolute atomic E-state index is 0.958. The van der Waals surface area contributed by atoms with E-state index in [0.29, 0.717) is 0 Å². The van der Waals surface area contributed by atoms with E-state index in [4.69, 9.17) is 0 Å². The van der Waals surface area contributed by atoms with Crippen molar-refractivity contribution >= 4 is 5.57 Å². The second kappa shape index (κ2) is 6.16. The molecule has 1 heterocycles. The highest BCUT2D eigenvalue weighted by Gasteiger charge is 1.92. The first kappa shape index (κ1) is 10.4. The SMILES string of the molecule is C=C.C=C(/C=C\C)c1ccn[nH]1. The third-order valence-corrected chi connectivity index (χ3v) is 1.21. The van der Waals surface area contributed by atoms with Gasteiger partial charge in [-0.25, -0.2) is 0 Å². The van der Waals surface area contributed by atoms with Crippen LogP contribution in [-0.4, -0.2) is 10.2 Å². The summed E-state index contributed by atoms with van der Waals surface area (Å²) in [7, 11) is 0. The smallest absolute Gasteiger partial charge is 0.0644 e. The van der Waals surface area contributed by atoms with Gasteiger partial charge in [-0.05, 0) is 18.6 Å². The lowest BCUT2D eigenvalue weighted by atomic mass is 10.2. The summed E-state index contributed by atoms with van der Waals surface area (Å²) in [6, 6.07) is 1.89. The molecule has 0 saturated carbocycles. The maximum atomic E-state index is 3.83. The number of H-pyrrole nitrogens is 1. The first-order valence-corrected chi connectivity index (χ1v) is 3.66. The Morgan fingerprint density at radius 2 is 2.25 bits per heavy atom. The number of rotatable bonds is 2. The van der Waals surface area contributed by atoms with Crippen LogP contribution >= 0.6 is 0 Å². The van der Waals surface area contributed by atoms with Crippen LogP contribution in [0, 0.1) is 0 Å². The number of allylic oxidation sites excluding steroid dienone is 3. The van der Waals surface area contributed by atoms with Crippen molar-refractivity contribution in [2.45, 2.75) is 6.92 Å². The quantitative estimate of drug-likeness (QED) is 0.525. The first-order valence-electron chi connectivity index (χ1n) is 3.66. The molecule has 1 N–H and O–H groups in total. The van der Waals surface area contributed by atoms with E-state index in [0.717, 1.165) is 11.3 Å². The van der Waals surface area contributed by atoms with Gasteiger partial charge in [0.2, 0.25) is 0 Å². The van der Waals surface area contributed by atoms with Gasteiger partial charge in [-0.15, -0.1) is 13.2 Å². The molecule has 64 valence electrons. The Morgan fingerprint density at radius 1 is 1.58 bits per heavy atom. The van der Waals surface area contributed by atoms with Crippen LogP contribution in [0.5, 0.6) is 0 Å². The second-order valence-corrected chi connectivity index (χ2v) is 2.00. The van der Waals surface area contributed by atoms with E-state index in [1.165, 1.54) is 0 Å². The number of hydrogen-bond acceptors (Lipinski definition) is 1. The molecule has 0 bridgehead atoms. The van der Waals surface area contributed by atoms with Crippen molar-refractivity contribution in [3.8, 4) is 0 Å². The molecule has 12 heavy (non-hydrogen) atoms. The molecule has 0 radical (unpaired) electrons. The largest absolute Gasteiger partial charge is 0.278 e. The number of aromatic amines is 1. The maximum Gasteiger partial charge on any atom is 0.0644 e. The van der Waals surface area contributed by atoms with E-state index in [2.05, 4.69) is 29.9 Å². The Labute approximate surface area is 73.3 Å². The normalized spacial score (nSPS) is 9.08. The molecule has 0 aliphatic heterocycles. The molecule has 1 aromatic heterocycles. The third-order valence-electron chi connectivity index (χ3n) is 1.21. The molecule has 0 unspecified atom stereocenters. The van der Waals surface area contributed by atoms with Gasteiger partial charge >= 0.3 is 0 Å².